The van der Waals surface area contributed by atoms with Gasteiger partial charge in [0.15, 0.2) is 5.96 Å². The van der Waals surface area contributed by atoms with Crippen LogP contribution in [0.4, 0.5) is 0 Å². The molecular weight excluding hydrogens is 212 g/mol. The van der Waals surface area contributed by atoms with Crippen LogP contribution in [0.2, 0.25) is 0 Å². The van der Waals surface area contributed by atoms with E-state index in [2.05, 4.69) is 22.1 Å². The van der Waals surface area contributed by atoms with Crippen molar-refractivity contribution in [1.82, 2.24) is 10.2 Å². The molecular formula is C13H26N4. The minimum Gasteiger partial charge on any atom is -0.370 e. The van der Waals surface area contributed by atoms with E-state index < -0.39 is 0 Å². The Bertz CT molecular complexity index is 252. The van der Waals surface area contributed by atoms with Gasteiger partial charge in [-0.15, -0.1) is 0 Å². The van der Waals surface area contributed by atoms with Gasteiger partial charge in [-0.3, -0.25) is 4.99 Å². The van der Waals surface area contributed by atoms with Crippen LogP contribution in [0.15, 0.2) is 4.99 Å². The molecule has 0 aromatic rings. The average molecular weight is 238 g/mol. The van der Waals surface area contributed by atoms with Crippen molar-refractivity contribution in [2.24, 2.45) is 10.7 Å². The van der Waals surface area contributed by atoms with Crippen LogP contribution >= 0.6 is 0 Å². The molecule has 1 unspecified atom stereocenters. The highest BCUT2D eigenvalue weighted by Crippen LogP contribution is 2.20. The average Bonchev–Trinajstić information content (AvgIpc) is 2.90. The maximum atomic E-state index is 5.95. The van der Waals surface area contributed by atoms with Crippen molar-refractivity contribution in [3.63, 3.8) is 0 Å². The summed E-state index contributed by atoms with van der Waals surface area (Å²) >= 11 is 0. The standard InChI is InChI=1S/C13H26N4/c1-11(10-17-8-4-5-9-17)15-13(14)16-12-6-2-3-7-12/h11-12H,2-10H2,1H3,(H3,14,15,16). The SMILES string of the molecule is CC(CN1CCCC1)NC(N)=NC1CCCC1. The lowest BCUT2D eigenvalue weighted by atomic mass is 10.3. The third-order valence-electron chi connectivity index (χ3n) is 3.77. The van der Waals surface area contributed by atoms with Gasteiger partial charge in [-0.05, 0) is 45.7 Å². The summed E-state index contributed by atoms with van der Waals surface area (Å²) in [5, 5.41) is 3.32. The van der Waals surface area contributed by atoms with Gasteiger partial charge in [-0.2, -0.15) is 0 Å². The zero-order valence-corrected chi connectivity index (χ0v) is 11.0. The molecule has 0 aromatic heterocycles. The molecule has 0 radical (unpaired) electrons. The van der Waals surface area contributed by atoms with Crippen LogP contribution in [-0.4, -0.2) is 42.6 Å². The van der Waals surface area contributed by atoms with Crippen LogP contribution in [-0.2, 0) is 0 Å². The number of nitrogens with zero attached hydrogens (tertiary/aromatic N) is 2. The summed E-state index contributed by atoms with van der Waals surface area (Å²) in [7, 11) is 0. The van der Waals surface area contributed by atoms with Crippen molar-refractivity contribution in [3.8, 4) is 0 Å². The van der Waals surface area contributed by atoms with Crippen molar-refractivity contribution < 1.29 is 0 Å². The summed E-state index contributed by atoms with van der Waals surface area (Å²) in [6, 6.07) is 0.875. The maximum Gasteiger partial charge on any atom is 0.189 e. The van der Waals surface area contributed by atoms with E-state index in [1.807, 2.05) is 0 Å². The molecule has 1 aliphatic carbocycles. The summed E-state index contributed by atoms with van der Waals surface area (Å²) in [5.74, 6) is 0.642. The molecule has 1 aliphatic heterocycles. The molecule has 17 heavy (non-hydrogen) atoms. The van der Waals surface area contributed by atoms with Crippen LogP contribution < -0.4 is 11.1 Å². The zero-order chi connectivity index (χ0) is 12.1. The molecule has 3 N–H and O–H groups in total. The molecule has 1 atom stereocenters. The number of nitrogens with one attached hydrogen (secondary N) is 1. The Balaban J connectivity index is 1.70. The van der Waals surface area contributed by atoms with Gasteiger partial charge < -0.3 is 16.0 Å². The molecule has 2 rings (SSSR count). The van der Waals surface area contributed by atoms with E-state index in [9.17, 15) is 0 Å². The second-order valence-electron chi connectivity index (χ2n) is 5.51. The smallest absolute Gasteiger partial charge is 0.189 e. The van der Waals surface area contributed by atoms with Gasteiger partial charge in [0.2, 0.25) is 0 Å². The summed E-state index contributed by atoms with van der Waals surface area (Å²) in [5.41, 5.74) is 5.95. The molecule has 98 valence electrons. The van der Waals surface area contributed by atoms with E-state index in [0.717, 1.165) is 6.54 Å². The Kier molecular flexibility index (Phi) is 4.66. The van der Waals surface area contributed by atoms with Crippen molar-refractivity contribution in [2.75, 3.05) is 19.6 Å². The molecule has 4 heteroatoms. The van der Waals surface area contributed by atoms with E-state index in [1.165, 1.54) is 51.6 Å². The lowest BCUT2D eigenvalue weighted by Gasteiger charge is -2.21. The summed E-state index contributed by atoms with van der Waals surface area (Å²) in [6.07, 6.45) is 7.73. The molecule has 2 fully saturated rings. The lowest BCUT2D eigenvalue weighted by Crippen LogP contribution is -2.44. The van der Waals surface area contributed by atoms with Crippen LogP contribution in [0.3, 0.4) is 0 Å². The number of aliphatic imine (C=N–C) groups is 1. The first-order valence-electron chi connectivity index (χ1n) is 7.06. The minimum absolute atomic E-state index is 0.401. The molecule has 2 aliphatic rings. The van der Waals surface area contributed by atoms with Crippen molar-refractivity contribution in [3.05, 3.63) is 0 Å². The number of guanidine groups is 1. The first kappa shape index (κ1) is 12.7. The fraction of sp³-hybridized carbons (Fsp3) is 0.923. The molecule has 0 aromatic carbocycles. The summed E-state index contributed by atoms with van der Waals surface area (Å²) < 4.78 is 0. The number of rotatable bonds is 4. The molecule has 1 heterocycles. The third-order valence-corrected chi connectivity index (χ3v) is 3.77. The first-order valence-corrected chi connectivity index (χ1v) is 7.06. The molecule has 4 nitrogen and oxygen atoms in total. The van der Waals surface area contributed by atoms with Crippen LogP contribution in [0.5, 0.6) is 0 Å². The molecule has 0 amide bonds. The van der Waals surface area contributed by atoms with E-state index in [1.54, 1.807) is 0 Å². The predicted octanol–water partition coefficient (Wildman–Crippen LogP) is 1.32. The Morgan fingerprint density at radius 3 is 2.59 bits per heavy atom. The monoisotopic (exact) mass is 238 g/mol. The van der Waals surface area contributed by atoms with Gasteiger partial charge in [-0.25, -0.2) is 0 Å². The topological polar surface area (TPSA) is 53.6 Å². The van der Waals surface area contributed by atoms with Gasteiger partial charge in [0.25, 0.3) is 0 Å². The Morgan fingerprint density at radius 1 is 1.29 bits per heavy atom. The molecule has 1 saturated heterocycles. The van der Waals surface area contributed by atoms with E-state index in [4.69, 9.17) is 5.73 Å². The fourth-order valence-corrected chi connectivity index (χ4v) is 2.92. The number of hydrogen-bond donors (Lipinski definition) is 2. The predicted molar refractivity (Wildman–Crippen MR) is 72.2 cm³/mol. The van der Waals surface area contributed by atoms with E-state index in [0.29, 0.717) is 18.0 Å². The van der Waals surface area contributed by atoms with Crippen LogP contribution in [0.1, 0.15) is 45.4 Å². The van der Waals surface area contributed by atoms with Crippen molar-refractivity contribution in [2.45, 2.75) is 57.5 Å². The summed E-state index contributed by atoms with van der Waals surface area (Å²) in [4.78, 5) is 7.06. The first-order chi connectivity index (χ1) is 8.24. The second kappa shape index (κ2) is 6.24. The zero-order valence-electron chi connectivity index (χ0n) is 11.0. The highest BCUT2D eigenvalue weighted by molar-refractivity contribution is 5.78. The van der Waals surface area contributed by atoms with E-state index >= 15 is 0 Å². The molecule has 1 saturated carbocycles. The highest BCUT2D eigenvalue weighted by Gasteiger charge is 2.16. The van der Waals surface area contributed by atoms with Crippen molar-refractivity contribution in [1.29, 1.82) is 0 Å². The number of hydrogen-bond acceptors (Lipinski definition) is 2. The number of nitrogens with two attached hydrogens (primary N) is 1. The van der Waals surface area contributed by atoms with E-state index in [-0.39, 0.29) is 0 Å². The molecule has 0 bridgehead atoms. The third kappa shape index (κ3) is 4.19. The fourth-order valence-electron chi connectivity index (χ4n) is 2.92. The number of likely N-dealkylation sites (tertiary alicyclic amines) is 1. The Labute approximate surface area is 105 Å². The maximum absolute atomic E-state index is 5.95. The second-order valence-corrected chi connectivity index (χ2v) is 5.51. The van der Waals surface area contributed by atoms with Gasteiger partial charge in [0, 0.05) is 12.6 Å². The van der Waals surface area contributed by atoms with Gasteiger partial charge >= 0.3 is 0 Å². The van der Waals surface area contributed by atoms with Crippen LogP contribution in [0.25, 0.3) is 0 Å². The largest absolute Gasteiger partial charge is 0.370 e. The lowest BCUT2D eigenvalue weighted by molar-refractivity contribution is 0.311. The van der Waals surface area contributed by atoms with Gasteiger partial charge in [-0.1, -0.05) is 12.8 Å². The summed E-state index contributed by atoms with van der Waals surface area (Å²) in [6.45, 7) is 5.76. The van der Waals surface area contributed by atoms with Gasteiger partial charge in [0.05, 0.1) is 6.04 Å². The van der Waals surface area contributed by atoms with Crippen LogP contribution in [0, 0.1) is 0 Å². The normalized spacial score (nSPS) is 25.4. The quantitative estimate of drug-likeness (QED) is 0.574. The molecule has 0 spiro atoms. The minimum atomic E-state index is 0.401. The highest BCUT2D eigenvalue weighted by atomic mass is 15.2. The van der Waals surface area contributed by atoms with Crippen molar-refractivity contribution >= 4 is 5.96 Å². The Morgan fingerprint density at radius 2 is 1.94 bits per heavy atom. The Hall–Kier alpha value is -0.770. The van der Waals surface area contributed by atoms with Gasteiger partial charge in [0.1, 0.15) is 0 Å².